The van der Waals surface area contributed by atoms with E-state index in [9.17, 15) is 9.59 Å². The third-order valence-corrected chi connectivity index (χ3v) is 4.42. The smallest absolute Gasteiger partial charge is 0.237 e. The van der Waals surface area contributed by atoms with Crippen LogP contribution in [0, 0.1) is 17.8 Å². The van der Waals surface area contributed by atoms with Crippen LogP contribution in [0.1, 0.15) is 48.0 Å². The van der Waals surface area contributed by atoms with E-state index in [-0.39, 0.29) is 36.0 Å². The molecule has 0 spiro atoms. The van der Waals surface area contributed by atoms with Gasteiger partial charge in [0, 0.05) is 18.3 Å². The third kappa shape index (κ3) is 4.60. The van der Waals surface area contributed by atoms with Crippen LogP contribution in [-0.4, -0.2) is 24.2 Å². The van der Waals surface area contributed by atoms with Crippen LogP contribution in [0.5, 0.6) is 5.75 Å². The Bertz CT molecular complexity index is 579. The maximum atomic E-state index is 12.3. The van der Waals surface area contributed by atoms with Crippen molar-refractivity contribution in [1.29, 1.82) is 0 Å². The SMILES string of the molecule is CC(C)CC(Oc1ccc(N2C(=O)C(C)C(C)C2=O)cc1)OC(C)C. The zero-order valence-electron chi connectivity index (χ0n) is 16.0. The van der Waals surface area contributed by atoms with Gasteiger partial charge in [0.1, 0.15) is 5.75 Å². The van der Waals surface area contributed by atoms with Crippen molar-refractivity contribution in [3.8, 4) is 5.75 Å². The van der Waals surface area contributed by atoms with E-state index < -0.39 is 0 Å². The van der Waals surface area contributed by atoms with Crippen LogP contribution < -0.4 is 9.64 Å². The number of ether oxygens (including phenoxy) is 2. The van der Waals surface area contributed by atoms with Crippen molar-refractivity contribution in [1.82, 2.24) is 0 Å². The Kier molecular flexibility index (Phi) is 6.22. The molecular formula is C20H29NO4. The molecule has 0 radical (unpaired) electrons. The fourth-order valence-electron chi connectivity index (χ4n) is 2.84. The van der Waals surface area contributed by atoms with Gasteiger partial charge >= 0.3 is 0 Å². The van der Waals surface area contributed by atoms with Crippen molar-refractivity contribution in [2.45, 2.75) is 60.4 Å². The molecule has 1 aliphatic heterocycles. The first kappa shape index (κ1) is 19.4. The molecule has 5 heteroatoms. The quantitative estimate of drug-likeness (QED) is 0.552. The summed E-state index contributed by atoms with van der Waals surface area (Å²) in [5, 5.41) is 0. The minimum Gasteiger partial charge on any atom is -0.465 e. The summed E-state index contributed by atoms with van der Waals surface area (Å²) in [4.78, 5) is 25.8. The maximum Gasteiger partial charge on any atom is 0.237 e. The summed E-state index contributed by atoms with van der Waals surface area (Å²) in [6, 6.07) is 7.05. The molecule has 1 saturated heterocycles. The van der Waals surface area contributed by atoms with Gasteiger partial charge in [-0.1, -0.05) is 27.7 Å². The largest absolute Gasteiger partial charge is 0.465 e. The van der Waals surface area contributed by atoms with Crippen molar-refractivity contribution in [2.24, 2.45) is 17.8 Å². The van der Waals surface area contributed by atoms with E-state index >= 15 is 0 Å². The fourth-order valence-corrected chi connectivity index (χ4v) is 2.84. The Labute approximate surface area is 150 Å². The molecule has 1 aliphatic rings. The lowest BCUT2D eigenvalue weighted by Crippen LogP contribution is -2.30. The van der Waals surface area contributed by atoms with E-state index in [2.05, 4.69) is 13.8 Å². The van der Waals surface area contributed by atoms with E-state index in [0.29, 0.717) is 17.4 Å². The highest BCUT2D eigenvalue weighted by Crippen LogP contribution is 2.31. The van der Waals surface area contributed by atoms with E-state index in [4.69, 9.17) is 9.47 Å². The number of imide groups is 1. The van der Waals surface area contributed by atoms with Crippen LogP contribution in [0.3, 0.4) is 0 Å². The standard InChI is InChI=1S/C20H29NO4/c1-12(2)11-18(24-13(3)4)25-17-9-7-16(8-10-17)21-19(22)14(5)15(6)20(21)23/h7-10,12-15,18H,11H2,1-6H3. The third-order valence-electron chi connectivity index (χ3n) is 4.42. The van der Waals surface area contributed by atoms with Gasteiger partial charge < -0.3 is 9.47 Å². The van der Waals surface area contributed by atoms with Gasteiger partial charge in [0.25, 0.3) is 0 Å². The first-order valence-electron chi connectivity index (χ1n) is 9.00. The van der Waals surface area contributed by atoms with Gasteiger partial charge in [0.05, 0.1) is 11.8 Å². The summed E-state index contributed by atoms with van der Waals surface area (Å²) in [6.07, 6.45) is 0.546. The molecule has 0 bridgehead atoms. The molecular weight excluding hydrogens is 318 g/mol. The molecule has 0 N–H and O–H groups in total. The second-order valence-corrected chi connectivity index (χ2v) is 7.44. The molecule has 0 aliphatic carbocycles. The maximum absolute atomic E-state index is 12.3. The van der Waals surface area contributed by atoms with Crippen LogP contribution in [0.15, 0.2) is 24.3 Å². The molecule has 0 aromatic heterocycles. The zero-order chi connectivity index (χ0) is 18.7. The second-order valence-electron chi connectivity index (χ2n) is 7.44. The Morgan fingerprint density at radius 3 is 1.92 bits per heavy atom. The molecule has 5 nitrogen and oxygen atoms in total. The van der Waals surface area contributed by atoms with Crippen molar-refractivity contribution in [3.05, 3.63) is 24.3 Å². The molecule has 3 unspecified atom stereocenters. The fraction of sp³-hybridized carbons (Fsp3) is 0.600. The zero-order valence-corrected chi connectivity index (χ0v) is 16.0. The lowest BCUT2D eigenvalue weighted by atomic mass is 10.00. The predicted molar refractivity (Wildman–Crippen MR) is 97.4 cm³/mol. The number of benzene rings is 1. The number of anilines is 1. The first-order valence-corrected chi connectivity index (χ1v) is 9.00. The summed E-state index contributed by atoms with van der Waals surface area (Å²) in [5.41, 5.74) is 0.587. The Hall–Kier alpha value is -1.88. The lowest BCUT2D eigenvalue weighted by Gasteiger charge is -2.23. The Balaban J connectivity index is 2.11. The number of carbonyl (C=O) groups excluding carboxylic acids is 2. The van der Waals surface area contributed by atoms with Gasteiger partial charge in [-0.05, 0) is 44.0 Å². The molecule has 1 aromatic carbocycles. The van der Waals surface area contributed by atoms with Gasteiger partial charge in [0.2, 0.25) is 11.8 Å². The minimum absolute atomic E-state index is 0.0749. The molecule has 138 valence electrons. The molecule has 25 heavy (non-hydrogen) atoms. The summed E-state index contributed by atoms with van der Waals surface area (Å²) in [7, 11) is 0. The summed E-state index contributed by atoms with van der Waals surface area (Å²) >= 11 is 0. The second kappa shape index (κ2) is 8.00. The van der Waals surface area contributed by atoms with Crippen LogP contribution in [0.4, 0.5) is 5.69 Å². The van der Waals surface area contributed by atoms with E-state index in [0.717, 1.165) is 6.42 Å². The molecule has 3 atom stereocenters. The minimum atomic E-state index is -0.319. The number of carbonyl (C=O) groups is 2. The Morgan fingerprint density at radius 1 is 0.960 bits per heavy atom. The number of hydrogen-bond acceptors (Lipinski definition) is 4. The average Bonchev–Trinajstić information content (AvgIpc) is 2.71. The molecule has 2 amide bonds. The highest BCUT2D eigenvalue weighted by Gasteiger charge is 2.42. The normalized spacial score (nSPS) is 22.2. The molecule has 1 heterocycles. The number of hydrogen-bond donors (Lipinski definition) is 0. The first-order chi connectivity index (χ1) is 11.7. The van der Waals surface area contributed by atoms with Gasteiger partial charge in [-0.25, -0.2) is 0 Å². The lowest BCUT2D eigenvalue weighted by molar-refractivity contribution is -0.122. The van der Waals surface area contributed by atoms with Gasteiger partial charge in [-0.3, -0.25) is 14.5 Å². The number of rotatable bonds is 7. The highest BCUT2D eigenvalue weighted by atomic mass is 16.7. The van der Waals surface area contributed by atoms with E-state index in [1.807, 2.05) is 13.8 Å². The average molecular weight is 347 g/mol. The van der Waals surface area contributed by atoms with E-state index in [1.54, 1.807) is 38.1 Å². The van der Waals surface area contributed by atoms with Crippen molar-refractivity contribution in [3.63, 3.8) is 0 Å². The summed E-state index contributed by atoms with van der Waals surface area (Å²) in [6.45, 7) is 11.8. The van der Waals surface area contributed by atoms with E-state index in [1.165, 1.54) is 4.90 Å². The summed E-state index contributed by atoms with van der Waals surface area (Å²) in [5.74, 6) is 0.261. The molecule has 2 rings (SSSR count). The van der Waals surface area contributed by atoms with Crippen molar-refractivity contribution >= 4 is 17.5 Å². The van der Waals surface area contributed by atoms with Gasteiger partial charge in [0.15, 0.2) is 6.29 Å². The van der Waals surface area contributed by atoms with Crippen molar-refractivity contribution in [2.75, 3.05) is 4.90 Å². The highest BCUT2D eigenvalue weighted by molar-refractivity contribution is 6.21. The topological polar surface area (TPSA) is 55.8 Å². The summed E-state index contributed by atoms with van der Waals surface area (Å²) < 4.78 is 11.8. The van der Waals surface area contributed by atoms with Crippen LogP contribution >= 0.6 is 0 Å². The molecule has 1 aromatic rings. The van der Waals surface area contributed by atoms with Gasteiger partial charge in [-0.2, -0.15) is 0 Å². The van der Waals surface area contributed by atoms with Crippen LogP contribution in [0.2, 0.25) is 0 Å². The number of nitrogens with zero attached hydrogens (tertiary/aromatic N) is 1. The Morgan fingerprint density at radius 2 is 1.48 bits per heavy atom. The van der Waals surface area contributed by atoms with Crippen LogP contribution in [0.25, 0.3) is 0 Å². The van der Waals surface area contributed by atoms with Gasteiger partial charge in [-0.15, -0.1) is 0 Å². The molecule has 1 fully saturated rings. The monoisotopic (exact) mass is 347 g/mol. The molecule has 0 saturated carbocycles. The number of amides is 2. The predicted octanol–water partition coefficient (Wildman–Crippen LogP) is 4.01. The van der Waals surface area contributed by atoms with Crippen molar-refractivity contribution < 1.29 is 19.1 Å². The van der Waals surface area contributed by atoms with Crippen LogP contribution in [-0.2, 0) is 14.3 Å².